The van der Waals surface area contributed by atoms with Gasteiger partial charge in [-0.3, -0.25) is 14.4 Å². The van der Waals surface area contributed by atoms with Crippen molar-refractivity contribution in [3.8, 4) is 23.0 Å². The fourth-order valence-electron chi connectivity index (χ4n) is 6.00. The van der Waals surface area contributed by atoms with Gasteiger partial charge in [-0.1, -0.05) is 53.7 Å². The average Bonchev–Trinajstić information content (AvgIpc) is 3.17. The summed E-state index contributed by atoms with van der Waals surface area (Å²) in [5, 5.41) is 35.8. The zero-order valence-electron chi connectivity index (χ0n) is 26.8. The topological polar surface area (TPSA) is 133 Å². The molecule has 43 heavy (non-hydrogen) atoms. The second-order valence-electron chi connectivity index (χ2n) is 14.0. The first kappa shape index (κ1) is 31.9. The maximum Gasteiger partial charge on any atom is 0.194 e. The highest BCUT2D eigenvalue weighted by molar-refractivity contribution is 6.31. The minimum absolute atomic E-state index is 0.00786. The van der Waals surface area contributed by atoms with Crippen molar-refractivity contribution in [2.75, 3.05) is 6.54 Å². The van der Waals surface area contributed by atoms with Crippen LogP contribution in [0.4, 0.5) is 0 Å². The Morgan fingerprint density at radius 2 is 1.49 bits per heavy atom. The number of Topliss-reactive ketones (excluding diaryl/α,β-unsaturated/α-hetero) is 2. The number of phenols is 3. The molecule has 0 amide bonds. The number of rotatable bonds is 6. The summed E-state index contributed by atoms with van der Waals surface area (Å²) in [5.41, 5.74) is 1.21. The summed E-state index contributed by atoms with van der Waals surface area (Å²) in [4.78, 5) is 39.6. The molecule has 0 bridgehead atoms. The van der Waals surface area contributed by atoms with Crippen LogP contribution in [0, 0.1) is 6.92 Å². The van der Waals surface area contributed by atoms with Crippen LogP contribution in [0.25, 0.3) is 0 Å². The zero-order valence-corrected chi connectivity index (χ0v) is 26.8. The third-order valence-electron chi connectivity index (χ3n) is 8.58. The largest absolute Gasteiger partial charge is 0.507 e. The molecule has 230 valence electrons. The summed E-state index contributed by atoms with van der Waals surface area (Å²) in [5.74, 6) is -2.13. The molecule has 0 saturated heterocycles. The van der Waals surface area contributed by atoms with Crippen molar-refractivity contribution < 1.29 is 34.4 Å². The van der Waals surface area contributed by atoms with Gasteiger partial charge in [0.05, 0.1) is 11.1 Å². The van der Waals surface area contributed by atoms with E-state index in [9.17, 15) is 29.7 Å². The average molecular weight is 590 g/mol. The number of nitrogens with one attached hydrogen (secondary N) is 1. The molecule has 2 aromatic rings. The molecule has 0 fully saturated rings. The van der Waals surface area contributed by atoms with Crippen molar-refractivity contribution in [1.82, 2.24) is 5.32 Å². The highest BCUT2D eigenvalue weighted by Crippen LogP contribution is 2.57. The Kier molecular flexibility index (Phi) is 7.84. The molecule has 0 unspecified atom stereocenters. The van der Waals surface area contributed by atoms with E-state index in [0.717, 1.165) is 23.1 Å². The molecule has 1 heterocycles. The molecule has 2 aromatic carbocycles. The van der Waals surface area contributed by atoms with Crippen LogP contribution in [0.3, 0.4) is 0 Å². The van der Waals surface area contributed by atoms with Gasteiger partial charge in [-0.05, 0) is 68.1 Å². The van der Waals surface area contributed by atoms with Crippen molar-refractivity contribution in [3.63, 3.8) is 0 Å². The predicted octanol–water partition coefficient (Wildman–Crippen LogP) is 6.09. The molecular weight excluding hydrogens is 546 g/mol. The number of aromatic hydroxyl groups is 3. The van der Waals surface area contributed by atoms with E-state index >= 15 is 0 Å². The summed E-state index contributed by atoms with van der Waals surface area (Å²) in [6.45, 7) is 18.9. The Bertz CT molecular complexity index is 1590. The summed E-state index contributed by atoms with van der Waals surface area (Å²) in [7, 11) is 0. The summed E-state index contributed by atoms with van der Waals surface area (Å²) in [6.07, 6.45) is 2.64. The molecule has 1 atom stereocenters. The lowest BCUT2D eigenvalue weighted by Gasteiger charge is -2.29. The lowest BCUT2D eigenvalue weighted by Crippen LogP contribution is -2.41. The lowest BCUT2D eigenvalue weighted by molar-refractivity contribution is -0.123. The molecule has 2 aliphatic rings. The van der Waals surface area contributed by atoms with E-state index in [2.05, 4.69) is 59.0 Å². The van der Waals surface area contributed by atoms with E-state index in [0.29, 0.717) is 24.4 Å². The van der Waals surface area contributed by atoms with Crippen LogP contribution in [0.15, 0.2) is 35.2 Å². The Balaban J connectivity index is 1.62. The van der Waals surface area contributed by atoms with Crippen LogP contribution in [0.2, 0.25) is 0 Å². The molecule has 8 nitrogen and oxygen atoms in total. The van der Waals surface area contributed by atoms with Gasteiger partial charge < -0.3 is 25.4 Å². The number of ether oxygens (including phenoxy) is 1. The number of aryl methyl sites for hydroxylation is 1. The number of benzene rings is 2. The first-order valence-electron chi connectivity index (χ1n) is 14.6. The van der Waals surface area contributed by atoms with Gasteiger partial charge in [-0.25, -0.2) is 0 Å². The SMILES string of the molecule is CC(=O)c1c(O)c(C)c(O)c2c1OC1=CC(=O)/C(=C(/C)NCCCc3cc(C(C)(C)C)c(O)c(C(C)(C)C)c3)C(=O)[C@]12C. The number of phenolic OH excluding ortho intramolecular Hbond substituents is 3. The normalized spacial score (nSPS) is 19.4. The van der Waals surface area contributed by atoms with Crippen LogP contribution in [0.5, 0.6) is 23.0 Å². The third-order valence-corrected chi connectivity index (χ3v) is 8.58. The molecule has 0 radical (unpaired) electrons. The molecule has 8 heteroatoms. The summed E-state index contributed by atoms with van der Waals surface area (Å²) >= 11 is 0. The number of ketones is 3. The first-order chi connectivity index (χ1) is 19.7. The van der Waals surface area contributed by atoms with Crippen molar-refractivity contribution in [3.05, 3.63) is 68.6 Å². The van der Waals surface area contributed by atoms with Crippen LogP contribution in [-0.2, 0) is 32.3 Å². The molecule has 0 spiro atoms. The predicted molar refractivity (Wildman–Crippen MR) is 165 cm³/mol. The monoisotopic (exact) mass is 589 g/mol. The van der Waals surface area contributed by atoms with Gasteiger partial charge in [0.1, 0.15) is 39.7 Å². The molecule has 4 N–H and O–H groups in total. The molecule has 1 aliphatic carbocycles. The Morgan fingerprint density at radius 3 is 2.00 bits per heavy atom. The Hall–Kier alpha value is -4.07. The van der Waals surface area contributed by atoms with Crippen molar-refractivity contribution >= 4 is 17.3 Å². The summed E-state index contributed by atoms with van der Waals surface area (Å²) < 4.78 is 5.83. The van der Waals surface area contributed by atoms with E-state index in [-0.39, 0.29) is 50.4 Å². The van der Waals surface area contributed by atoms with E-state index in [4.69, 9.17) is 4.74 Å². The maximum absolute atomic E-state index is 14.0. The van der Waals surface area contributed by atoms with Gasteiger partial charge in [-0.15, -0.1) is 0 Å². The van der Waals surface area contributed by atoms with E-state index in [1.165, 1.54) is 19.9 Å². The second-order valence-corrected chi connectivity index (χ2v) is 14.0. The van der Waals surface area contributed by atoms with Crippen molar-refractivity contribution in [2.45, 2.75) is 98.3 Å². The Morgan fingerprint density at radius 1 is 0.930 bits per heavy atom. The molecule has 1 aliphatic heterocycles. The number of fused-ring (bicyclic) bond motifs is 3. The number of allylic oxidation sites excluding steroid dienone is 4. The lowest BCUT2D eigenvalue weighted by atomic mass is 9.70. The van der Waals surface area contributed by atoms with Gasteiger partial charge >= 0.3 is 0 Å². The molecular formula is C35H43NO7. The quantitative estimate of drug-likeness (QED) is 0.138. The van der Waals surface area contributed by atoms with Crippen LogP contribution < -0.4 is 10.1 Å². The maximum atomic E-state index is 14.0. The number of carbonyl (C=O) groups excluding carboxylic acids is 3. The van der Waals surface area contributed by atoms with E-state index in [1.54, 1.807) is 13.8 Å². The second kappa shape index (κ2) is 10.6. The van der Waals surface area contributed by atoms with Crippen LogP contribution >= 0.6 is 0 Å². The Labute approximate surface area is 253 Å². The number of hydrogen-bond acceptors (Lipinski definition) is 8. The summed E-state index contributed by atoms with van der Waals surface area (Å²) in [6, 6.07) is 4.10. The first-order valence-corrected chi connectivity index (χ1v) is 14.6. The van der Waals surface area contributed by atoms with Crippen molar-refractivity contribution in [1.29, 1.82) is 0 Å². The fraction of sp³-hybridized carbons (Fsp3) is 0.457. The number of hydrogen-bond donors (Lipinski definition) is 4. The van der Waals surface area contributed by atoms with Crippen LogP contribution in [0.1, 0.15) is 107 Å². The van der Waals surface area contributed by atoms with E-state index < -0.39 is 28.5 Å². The molecule has 0 saturated carbocycles. The zero-order chi connectivity index (χ0) is 32.4. The van der Waals surface area contributed by atoms with Gasteiger partial charge in [0.2, 0.25) is 0 Å². The van der Waals surface area contributed by atoms with Gasteiger partial charge in [-0.2, -0.15) is 0 Å². The highest BCUT2D eigenvalue weighted by atomic mass is 16.5. The standard InChI is InChI=1S/C35H43NO7/c1-17-28(39)26(19(3)37)31-27(29(17)40)35(10)24(43-31)16-23(38)25(32(35)42)18(2)36-13-11-12-20-14-21(33(4,5)6)30(41)22(15-20)34(7,8)9/h14-16,36,39-41H,11-13H2,1-10H3/b25-18+/t35-/m1/s1. The molecule has 4 rings (SSSR count). The van der Waals surface area contributed by atoms with Crippen molar-refractivity contribution in [2.24, 2.45) is 0 Å². The van der Waals surface area contributed by atoms with Gasteiger partial charge in [0, 0.05) is 23.9 Å². The third kappa shape index (κ3) is 5.21. The highest BCUT2D eigenvalue weighted by Gasteiger charge is 2.56. The smallest absolute Gasteiger partial charge is 0.194 e. The van der Waals surface area contributed by atoms with E-state index in [1.807, 2.05) is 0 Å². The minimum Gasteiger partial charge on any atom is -0.507 e. The van der Waals surface area contributed by atoms with Gasteiger partial charge in [0.15, 0.2) is 17.3 Å². The molecule has 0 aromatic heterocycles. The minimum atomic E-state index is -1.55. The van der Waals surface area contributed by atoms with Gasteiger partial charge in [0.25, 0.3) is 0 Å². The number of carbonyl (C=O) groups is 3. The van der Waals surface area contributed by atoms with Crippen LogP contribution in [-0.4, -0.2) is 39.2 Å². The fourth-order valence-corrected chi connectivity index (χ4v) is 6.00.